The number of nitrogens with zero attached hydrogens (tertiary/aromatic N) is 1. The van der Waals surface area contributed by atoms with Crippen LogP contribution in [0.1, 0.15) is 47.0 Å². The molecule has 1 saturated carbocycles. The van der Waals surface area contributed by atoms with Crippen molar-refractivity contribution < 1.29 is 105 Å². The van der Waals surface area contributed by atoms with Gasteiger partial charge in [0.05, 0.1) is 18.4 Å². The number of rotatable bonds is 16. The fourth-order valence-corrected chi connectivity index (χ4v) is 7.92. The topological polar surface area (TPSA) is 204 Å². The van der Waals surface area contributed by atoms with Crippen molar-refractivity contribution in [2.45, 2.75) is 101 Å². The van der Waals surface area contributed by atoms with Gasteiger partial charge in [0.15, 0.2) is 24.6 Å². The highest BCUT2D eigenvalue weighted by molar-refractivity contribution is 7.91. The zero-order valence-electron chi connectivity index (χ0n) is 28.9. The average molecular weight is 832 g/mol. The minimum atomic E-state index is -7.19. The molecule has 0 N–H and O–H groups in total. The molecule has 2 aliphatic carbocycles. The molecule has 16 nitrogen and oxygen atoms in total. The smallest absolute Gasteiger partial charge is 0.454 e. The predicted octanol–water partition coefficient (Wildman–Crippen LogP) is 2.43. The highest BCUT2D eigenvalue weighted by Crippen LogP contribution is 2.55. The first kappa shape index (κ1) is 43.8. The van der Waals surface area contributed by atoms with Gasteiger partial charge >= 0.3 is 57.3 Å². The summed E-state index contributed by atoms with van der Waals surface area (Å²) in [6.45, 7) is 1.71. The lowest BCUT2D eigenvalue weighted by Gasteiger charge is -2.44. The number of hydrogen-bond acceptors (Lipinski definition) is 15. The van der Waals surface area contributed by atoms with Crippen molar-refractivity contribution >= 4 is 45.7 Å². The van der Waals surface area contributed by atoms with Gasteiger partial charge in [0.25, 0.3) is 0 Å². The highest BCUT2D eigenvalue weighted by Gasteiger charge is 2.77. The molecule has 2 aliphatic heterocycles. The molecular formula is C30H33F8NO15S. The summed E-state index contributed by atoms with van der Waals surface area (Å²) in [5, 5.41) is -6.87. The largest absolute Gasteiger partial charge is 0.463 e. The molecule has 0 spiro atoms. The highest BCUT2D eigenvalue weighted by atomic mass is 32.2. The van der Waals surface area contributed by atoms with E-state index in [-0.39, 0.29) is 6.42 Å². The number of amides is 2. The van der Waals surface area contributed by atoms with E-state index in [1.807, 2.05) is 0 Å². The molecule has 310 valence electrons. The molecule has 9 atom stereocenters. The molecule has 4 rings (SSSR count). The van der Waals surface area contributed by atoms with Crippen LogP contribution in [0.4, 0.5) is 35.1 Å². The van der Waals surface area contributed by atoms with Gasteiger partial charge in [0, 0.05) is 34.1 Å². The molecule has 0 aromatic heterocycles. The summed E-state index contributed by atoms with van der Waals surface area (Å²) < 4.78 is 175. The van der Waals surface area contributed by atoms with E-state index in [1.165, 1.54) is 12.2 Å². The van der Waals surface area contributed by atoms with Crippen LogP contribution < -0.4 is 0 Å². The van der Waals surface area contributed by atoms with Gasteiger partial charge in [-0.2, -0.15) is 47.8 Å². The van der Waals surface area contributed by atoms with Gasteiger partial charge < -0.3 is 28.4 Å². The van der Waals surface area contributed by atoms with Gasteiger partial charge in [-0.15, -0.1) is 0 Å². The van der Waals surface area contributed by atoms with Gasteiger partial charge in [-0.25, -0.2) is 4.74 Å². The third-order valence-electron chi connectivity index (χ3n) is 8.88. The second kappa shape index (κ2) is 15.5. The summed E-state index contributed by atoms with van der Waals surface area (Å²) in [6.07, 6.45) is -23.0. The molecule has 55 heavy (non-hydrogen) atoms. The number of fused-ring (bicyclic) bond motifs is 5. The number of esters is 4. The van der Waals surface area contributed by atoms with Crippen molar-refractivity contribution in [3.05, 3.63) is 12.2 Å². The summed E-state index contributed by atoms with van der Waals surface area (Å²) in [7, 11) is -7.19. The maximum absolute atomic E-state index is 14.9. The van der Waals surface area contributed by atoms with Crippen molar-refractivity contribution in [2.24, 2.45) is 23.7 Å². The molecular weight excluding hydrogens is 798 g/mol. The van der Waals surface area contributed by atoms with Crippen LogP contribution in [0.15, 0.2) is 12.2 Å². The Balaban J connectivity index is 1.47. The monoisotopic (exact) mass is 831 g/mol. The first-order valence-corrected chi connectivity index (χ1v) is 17.5. The maximum Gasteiger partial charge on any atom is 0.454 e. The maximum atomic E-state index is 14.9. The summed E-state index contributed by atoms with van der Waals surface area (Å²) in [5.41, 5.74) is 0. The first-order chi connectivity index (χ1) is 25.2. The molecule has 2 amide bonds. The third-order valence-corrected chi connectivity index (χ3v) is 10.6. The van der Waals surface area contributed by atoms with E-state index in [1.54, 1.807) is 0 Å². The van der Waals surface area contributed by atoms with Gasteiger partial charge in [-0.3, -0.25) is 28.8 Å². The molecule has 2 heterocycles. The van der Waals surface area contributed by atoms with Crippen LogP contribution in [-0.2, 0) is 71.9 Å². The van der Waals surface area contributed by atoms with Crippen molar-refractivity contribution in [3.63, 3.8) is 0 Å². The van der Waals surface area contributed by atoms with Crippen LogP contribution in [0, 0.1) is 23.7 Å². The van der Waals surface area contributed by atoms with E-state index in [4.69, 9.17) is 28.4 Å². The van der Waals surface area contributed by atoms with Crippen LogP contribution in [0.3, 0.4) is 0 Å². The third kappa shape index (κ3) is 8.43. The van der Waals surface area contributed by atoms with Crippen LogP contribution in [0.25, 0.3) is 0 Å². The van der Waals surface area contributed by atoms with Gasteiger partial charge in [0.2, 0.25) is 11.8 Å². The zero-order valence-corrected chi connectivity index (χ0v) is 29.7. The number of sulfonamides is 1. The Morgan fingerprint density at radius 2 is 1.25 bits per heavy atom. The van der Waals surface area contributed by atoms with Crippen LogP contribution in [-0.4, -0.2) is 116 Å². The number of alkyl halides is 8. The number of imide groups is 1. The van der Waals surface area contributed by atoms with Crippen molar-refractivity contribution in [3.8, 4) is 0 Å². The Kier molecular flexibility index (Phi) is 12.3. The SMILES string of the molecule is CC(=O)OCC1O[C@@H](OCCCC(F)(F)C(F)(F)OC(F)(F)C(F)(F)S(=O)(=O)N2C(=O)C3C4C=CC(C4)C3C2=O)C(OC(C)=O)[C@@H](OC(C)=O)[C@@H]1OC(C)=O. The second-order valence-electron chi connectivity index (χ2n) is 12.8. The Bertz CT molecular complexity index is 1680. The molecule has 0 radical (unpaired) electrons. The van der Waals surface area contributed by atoms with Crippen LogP contribution in [0.2, 0.25) is 0 Å². The Morgan fingerprint density at radius 1 is 0.764 bits per heavy atom. The quantitative estimate of drug-likeness (QED) is 0.0547. The van der Waals surface area contributed by atoms with E-state index >= 15 is 0 Å². The number of halogens is 8. The van der Waals surface area contributed by atoms with Gasteiger partial charge in [-0.1, -0.05) is 12.2 Å². The molecule has 4 aliphatic rings. The molecule has 25 heteroatoms. The molecule has 6 unspecified atom stereocenters. The van der Waals surface area contributed by atoms with Gasteiger partial charge in [0.1, 0.15) is 12.7 Å². The van der Waals surface area contributed by atoms with Crippen LogP contribution >= 0.6 is 0 Å². The summed E-state index contributed by atoms with van der Waals surface area (Å²) in [6, 6.07) is 0. The fraction of sp³-hybridized carbons (Fsp3) is 0.733. The predicted molar refractivity (Wildman–Crippen MR) is 157 cm³/mol. The number of ether oxygens (including phenoxy) is 7. The van der Waals surface area contributed by atoms with Crippen molar-refractivity contribution in [1.29, 1.82) is 0 Å². The Hall–Kier alpha value is -3.97. The molecule has 0 aromatic rings. The summed E-state index contributed by atoms with van der Waals surface area (Å²) in [5.74, 6) is -18.1. The van der Waals surface area contributed by atoms with E-state index in [0.29, 0.717) is 0 Å². The second-order valence-corrected chi connectivity index (χ2v) is 14.7. The number of hydrogen-bond donors (Lipinski definition) is 0. The molecule has 3 fully saturated rings. The summed E-state index contributed by atoms with van der Waals surface area (Å²) >= 11 is 0. The summed E-state index contributed by atoms with van der Waals surface area (Å²) in [4.78, 5) is 72.4. The lowest BCUT2D eigenvalue weighted by molar-refractivity contribution is -0.456. The fourth-order valence-electron chi connectivity index (χ4n) is 6.63. The molecule has 2 saturated heterocycles. The van der Waals surface area contributed by atoms with E-state index in [2.05, 4.69) is 4.74 Å². The van der Waals surface area contributed by atoms with Crippen molar-refractivity contribution in [1.82, 2.24) is 4.31 Å². The van der Waals surface area contributed by atoms with Crippen LogP contribution in [0.5, 0.6) is 0 Å². The Labute approximate surface area is 305 Å². The number of carbonyl (C=O) groups is 6. The minimum Gasteiger partial charge on any atom is -0.463 e. The average Bonchev–Trinajstić information content (AvgIpc) is 3.72. The number of carbonyl (C=O) groups excluding carboxylic acids is 6. The molecule has 0 aromatic carbocycles. The van der Waals surface area contributed by atoms with Gasteiger partial charge in [-0.05, 0) is 24.7 Å². The van der Waals surface area contributed by atoms with E-state index in [0.717, 1.165) is 27.7 Å². The van der Waals surface area contributed by atoms with Crippen molar-refractivity contribution in [2.75, 3.05) is 13.2 Å². The van der Waals surface area contributed by atoms with E-state index < -0.39 is 154 Å². The Morgan fingerprint density at radius 3 is 1.75 bits per heavy atom. The first-order valence-electron chi connectivity index (χ1n) is 16.1. The number of allylic oxidation sites excluding steroid dienone is 2. The normalized spacial score (nSPS) is 29.6. The lowest BCUT2D eigenvalue weighted by Crippen LogP contribution is -2.63. The van der Waals surface area contributed by atoms with E-state index in [9.17, 15) is 72.3 Å². The zero-order chi connectivity index (χ0) is 41.6. The minimum absolute atomic E-state index is 0.158. The standard InChI is InChI=1S/C30H33F8NO15S/c1-12(40)49-11-18-21(50-13(2)41)22(51-14(3)42)23(52-15(4)43)26(53-18)48-9-5-8-27(31,32)28(33,34)54-29(35,36)30(37,38)55(46,47)39-24(44)19-16-6-7-17(10-16)20(19)25(39)45/h6-7,16-23,26H,5,8-11H2,1-4H3/t16?,17?,18?,19?,20?,21-,22+,23?,26-/m1/s1. The lowest BCUT2D eigenvalue weighted by atomic mass is 9.85. The molecule has 2 bridgehead atoms.